The van der Waals surface area contributed by atoms with Gasteiger partial charge in [0, 0.05) is 96.2 Å². The summed E-state index contributed by atoms with van der Waals surface area (Å²) in [6.07, 6.45) is 5.28. The number of amides is 5. The molecule has 4 aromatic rings. The summed E-state index contributed by atoms with van der Waals surface area (Å²) in [7, 11) is 1.49. The number of piperidine rings is 2. The number of fused-ring (bicyclic) bond motifs is 3. The van der Waals surface area contributed by atoms with Crippen LogP contribution in [0.1, 0.15) is 134 Å². The fraction of sp³-hybridized carbons (Fsp3) is 0.444. The Labute approximate surface area is 407 Å². The van der Waals surface area contributed by atoms with Gasteiger partial charge < -0.3 is 30.5 Å². The van der Waals surface area contributed by atoms with Crippen LogP contribution >= 0.6 is 11.6 Å². The number of methoxy groups -OCH3 is 1. The number of nitrogens with zero attached hydrogens (tertiary/aromatic N) is 3. The first-order valence-corrected chi connectivity index (χ1v) is 24.3. The largest absolute Gasteiger partial charge is 0.495 e. The second-order valence-corrected chi connectivity index (χ2v) is 21.1. The molecule has 3 fully saturated rings. The smallest absolute Gasteiger partial charge is 0.255 e. The first kappa shape index (κ1) is 47.8. The van der Waals surface area contributed by atoms with Gasteiger partial charge in [0.05, 0.1) is 23.9 Å². The Hall–Kier alpha value is -6.30. The zero-order valence-electron chi connectivity index (χ0n) is 39.9. The molecule has 0 saturated carbocycles. The van der Waals surface area contributed by atoms with Crippen LogP contribution in [0, 0.1) is 29.0 Å². The van der Waals surface area contributed by atoms with Gasteiger partial charge in [0.1, 0.15) is 17.6 Å². The van der Waals surface area contributed by atoms with Crippen LogP contribution in [0.4, 0.5) is 15.8 Å². The van der Waals surface area contributed by atoms with Crippen LogP contribution in [0.15, 0.2) is 66.9 Å². The molecule has 0 radical (unpaired) electrons. The summed E-state index contributed by atoms with van der Waals surface area (Å²) >= 11 is 6.48. The predicted molar refractivity (Wildman–Crippen MR) is 262 cm³/mol. The summed E-state index contributed by atoms with van der Waals surface area (Å²) in [5.41, 5.74) is 4.97. The first-order valence-electron chi connectivity index (χ1n) is 23.9. The van der Waals surface area contributed by atoms with Crippen molar-refractivity contribution in [3.05, 3.63) is 117 Å². The van der Waals surface area contributed by atoms with Crippen LogP contribution in [0.3, 0.4) is 0 Å². The zero-order valence-corrected chi connectivity index (χ0v) is 40.7. The maximum Gasteiger partial charge on any atom is 0.255 e. The van der Waals surface area contributed by atoms with E-state index in [0.717, 1.165) is 40.9 Å². The lowest BCUT2D eigenvalue weighted by Crippen LogP contribution is -2.52. The molecule has 3 saturated heterocycles. The van der Waals surface area contributed by atoms with Crippen molar-refractivity contribution in [2.24, 2.45) is 11.3 Å². The van der Waals surface area contributed by atoms with E-state index in [0.29, 0.717) is 60.6 Å². The van der Waals surface area contributed by atoms with Gasteiger partial charge in [-0.1, -0.05) is 76.3 Å². The summed E-state index contributed by atoms with van der Waals surface area (Å²) in [5, 5.41) is 12.8. The van der Waals surface area contributed by atoms with E-state index in [4.69, 9.17) is 21.3 Å². The molecule has 9 rings (SSSR count). The van der Waals surface area contributed by atoms with Gasteiger partial charge in [-0.2, -0.15) is 0 Å². The van der Waals surface area contributed by atoms with Gasteiger partial charge in [0.2, 0.25) is 17.7 Å². The van der Waals surface area contributed by atoms with E-state index in [1.54, 1.807) is 42.5 Å². The molecule has 3 aromatic carbocycles. The highest BCUT2D eigenvalue weighted by atomic mass is 35.5. The Morgan fingerprint density at radius 2 is 1.87 bits per heavy atom. The van der Waals surface area contributed by atoms with Crippen LogP contribution in [-0.2, 0) is 26.3 Å². The summed E-state index contributed by atoms with van der Waals surface area (Å²) in [5.74, 6) is 4.35. The van der Waals surface area contributed by atoms with Crippen molar-refractivity contribution >= 4 is 52.5 Å². The van der Waals surface area contributed by atoms with Gasteiger partial charge >= 0.3 is 0 Å². The number of likely N-dealkylation sites (tertiary alicyclic amines) is 1. The van der Waals surface area contributed by atoms with Crippen molar-refractivity contribution in [2.75, 3.05) is 37.4 Å². The quantitative estimate of drug-likeness (QED) is 0.0965. The van der Waals surface area contributed by atoms with Crippen molar-refractivity contribution in [2.45, 2.75) is 115 Å². The highest BCUT2D eigenvalue weighted by Crippen LogP contribution is 2.56. The number of ether oxygens (including phenoxy) is 1. The fourth-order valence-electron chi connectivity index (χ4n) is 11.2. The lowest BCUT2D eigenvalue weighted by atomic mass is 9.63. The number of hydrogen-bond acceptors (Lipinski definition) is 9. The van der Waals surface area contributed by atoms with Gasteiger partial charge in [0.25, 0.3) is 11.8 Å². The van der Waals surface area contributed by atoms with Gasteiger partial charge in [-0.15, -0.1) is 0 Å². The lowest BCUT2D eigenvalue weighted by molar-refractivity contribution is -0.137. The standard InChI is InChI=1S/C54H59ClFN7O6/c1-30(2)40-24-41-37(26-57-40)54(29-58-41)44(25-53(3,4)5)60-48(46(54)35-16-9-17-38(55)47(35)56)50(66)59-39-19-18-33(23-43(39)69-6)51(67)62-22-10-12-31(27-62)11-7-13-32-14-8-15-34-36(32)28-63(52(34)68)42-20-21-45(64)61-49(42)65/h8-9,14-19,23-24,26,30-31,42,44,46,48,58,60H,10-12,20-22,25,27-29H2,1-6H3,(H,59,66)(H,61,64,65)/t31-,42-,44+,46+,48-,54+/m1/s1. The lowest BCUT2D eigenvalue weighted by Gasteiger charge is -2.39. The van der Waals surface area contributed by atoms with Gasteiger partial charge in [0.15, 0.2) is 0 Å². The van der Waals surface area contributed by atoms with Crippen LogP contribution in [0.5, 0.6) is 5.75 Å². The number of aromatic nitrogens is 1. The number of imide groups is 1. The average Bonchev–Trinajstić information content (AvgIpc) is 3.97. The number of carbonyl (C=O) groups excluding carboxylic acids is 5. The molecule has 6 atom stereocenters. The Bertz CT molecular complexity index is 2820. The van der Waals surface area contributed by atoms with Crippen molar-refractivity contribution in [1.82, 2.24) is 25.4 Å². The van der Waals surface area contributed by atoms with E-state index in [1.165, 1.54) is 18.1 Å². The normalized spacial score (nSPS) is 24.1. The second kappa shape index (κ2) is 18.9. The second-order valence-electron chi connectivity index (χ2n) is 20.7. The number of carbonyl (C=O) groups is 5. The minimum Gasteiger partial charge on any atom is -0.495 e. The van der Waals surface area contributed by atoms with E-state index in [2.05, 4.69) is 73.8 Å². The number of halogens is 2. The molecule has 15 heteroatoms. The van der Waals surface area contributed by atoms with E-state index < -0.39 is 35.1 Å². The topological polar surface area (TPSA) is 162 Å². The molecule has 6 heterocycles. The fourth-order valence-corrected chi connectivity index (χ4v) is 11.4. The van der Waals surface area contributed by atoms with Crippen molar-refractivity contribution < 1.29 is 33.1 Å². The summed E-state index contributed by atoms with van der Waals surface area (Å²) in [6, 6.07) is 15.6. The Balaban J connectivity index is 0.919. The summed E-state index contributed by atoms with van der Waals surface area (Å²) in [4.78, 5) is 74.9. The molecule has 360 valence electrons. The summed E-state index contributed by atoms with van der Waals surface area (Å²) < 4.78 is 22.3. The molecule has 5 amide bonds. The van der Waals surface area contributed by atoms with Gasteiger partial charge in [-0.25, -0.2) is 4.39 Å². The van der Waals surface area contributed by atoms with Crippen molar-refractivity contribution in [1.29, 1.82) is 0 Å². The molecular weight excluding hydrogens is 897 g/mol. The predicted octanol–water partition coefficient (Wildman–Crippen LogP) is 7.92. The highest BCUT2D eigenvalue weighted by molar-refractivity contribution is 6.30. The molecule has 0 unspecified atom stereocenters. The van der Waals surface area contributed by atoms with Crippen LogP contribution < -0.4 is 26.0 Å². The zero-order chi connectivity index (χ0) is 48.9. The average molecular weight is 957 g/mol. The first-order chi connectivity index (χ1) is 33.0. The Morgan fingerprint density at radius 3 is 2.62 bits per heavy atom. The Kier molecular flexibility index (Phi) is 13.1. The van der Waals surface area contributed by atoms with Gasteiger partial charge in [-0.05, 0) is 96.5 Å². The monoisotopic (exact) mass is 955 g/mol. The van der Waals surface area contributed by atoms with Crippen LogP contribution in [0.2, 0.25) is 5.02 Å². The number of anilines is 2. The molecule has 1 aromatic heterocycles. The minimum atomic E-state index is -0.903. The third-order valence-corrected chi connectivity index (χ3v) is 14.9. The van der Waals surface area contributed by atoms with E-state index >= 15 is 4.39 Å². The summed E-state index contributed by atoms with van der Waals surface area (Å²) in [6.45, 7) is 12.4. The van der Waals surface area contributed by atoms with Crippen LogP contribution in [-0.4, -0.2) is 89.2 Å². The molecule has 69 heavy (non-hydrogen) atoms. The number of hydrogen-bond donors (Lipinski definition) is 4. The van der Waals surface area contributed by atoms with E-state index in [9.17, 15) is 24.0 Å². The molecule has 0 aliphatic carbocycles. The molecular formula is C54H59ClFN7O6. The molecule has 1 spiro atoms. The Morgan fingerprint density at radius 1 is 1.07 bits per heavy atom. The SMILES string of the molecule is COc1cc(C(=O)N2CCC[C@@H](CC#Cc3cccc4c3CN([C@@H]3CCC(=O)NC3=O)C4=O)C2)ccc1NC(=O)[C@@H]1N[C@@H](CC(C)(C)C)[C@@]2(CNc3cc(C(C)C)ncc32)[C@H]1c1cccc(Cl)c1F. The molecule has 0 bridgehead atoms. The highest BCUT2D eigenvalue weighted by Gasteiger charge is 2.62. The van der Waals surface area contributed by atoms with Gasteiger partial charge in [-0.3, -0.25) is 34.3 Å². The number of benzene rings is 3. The third kappa shape index (κ3) is 9.07. The number of rotatable bonds is 9. The van der Waals surface area contributed by atoms with Crippen LogP contribution in [0.25, 0.3) is 0 Å². The van der Waals surface area contributed by atoms with E-state index in [1.807, 2.05) is 17.2 Å². The number of pyridine rings is 1. The molecule has 5 aliphatic rings. The third-order valence-electron chi connectivity index (χ3n) is 14.6. The minimum absolute atomic E-state index is 0.0224. The number of nitrogens with one attached hydrogen (secondary N) is 4. The maximum atomic E-state index is 16.4. The molecule has 5 aliphatic heterocycles. The van der Waals surface area contributed by atoms with Crippen molar-refractivity contribution in [3.63, 3.8) is 0 Å². The molecule has 4 N–H and O–H groups in total. The maximum absolute atomic E-state index is 16.4. The van der Waals surface area contributed by atoms with E-state index in [-0.39, 0.29) is 71.3 Å². The molecule has 13 nitrogen and oxygen atoms in total. The van der Waals surface area contributed by atoms with Crippen molar-refractivity contribution in [3.8, 4) is 17.6 Å².